The number of aliphatic hydroxyl groups excluding tert-OH is 1. The number of benzene rings is 1. The minimum atomic E-state index is -1.19. The predicted molar refractivity (Wildman–Crippen MR) is 129 cm³/mol. The van der Waals surface area contributed by atoms with E-state index >= 15 is 0 Å². The van der Waals surface area contributed by atoms with Crippen LogP contribution in [0.15, 0.2) is 29.3 Å². The molecule has 1 fully saturated rings. The molecule has 7 atom stereocenters. The Kier molecular flexibility index (Phi) is 8.51. The molecule has 0 aromatic heterocycles. The third-order valence-corrected chi connectivity index (χ3v) is 7.97. The van der Waals surface area contributed by atoms with Crippen molar-refractivity contribution in [3.8, 4) is 0 Å². The molecule has 0 spiro atoms. The number of carboxylic acid groups (broad SMARTS) is 2. The van der Waals surface area contributed by atoms with E-state index < -0.39 is 47.3 Å². The number of carbonyl (C=O) groups excluding carboxylic acids is 2. The summed E-state index contributed by atoms with van der Waals surface area (Å²) in [5.41, 5.74) is 0.358. The Morgan fingerprint density at radius 3 is 2.54 bits per heavy atom. The summed E-state index contributed by atoms with van der Waals surface area (Å²) in [5.74, 6) is -4.61. The number of carbonyl (C=O) groups is 4. The van der Waals surface area contributed by atoms with Gasteiger partial charge in [0, 0.05) is 17.5 Å². The first-order chi connectivity index (χ1) is 16.5. The Labute approximate surface area is 206 Å². The van der Waals surface area contributed by atoms with E-state index in [1.165, 1.54) is 37.9 Å². The van der Waals surface area contributed by atoms with Gasteiger partial charge in [0.05, 0.1) is 36.1 Å². The summed E-state index contributed by atoms with van der Waals surface area (Å²) in [6, 6.07) is 4.65. The van der Waals surface area contributed by atoms with Gasteiger partial charge in [-0.1, -0.05) is 13.0 Å². The quantitative estimate of drug-likeness (QED) is 0.302. The summed E-state index contributed by atoms with van der Waals surface area (Å²) < 4.78 is 4.80. The van der Waals surface area contributed by atoms with Crippen molar-refractivity contribution in [2.45, 2.75) is 49.0 Å². The minimum absolute atomic E-state index is 0.0586. The highest BCUT2D eigenvalue weighted by Gasteiger charge is 2.48. The van der Waals surface area contributed by atoms with Crippen molar-refractivity contribution in [1.29, 1.82) is 0 Å². The number of aliphatic carboxylic acids is 1. The number of thioether (sulfide) groups is 1. The molecule has 2 aliphatic rings. The number of aromatic carboxylic acids is 1. The summed E-state index contributed by atoms with van der Waals surface area (Å²) in [4.78, 5) is 52.3. The van der Waals surface area contributed by atoms with Gasteiger partial charge < -0.3 is 30.7 Å². The smallest absolute Gasteiger partial charge is 0.350 e. The molecule has 0 saturated carbocycles. The Balaban J connectivity index is 1.67. The fourth-order valence-corrected chi connectivity index (χ4v) is 6.09. The standard InChI is InChI=1S/C23H29N3O8S/c1-10-17(16(11(2)27)23(33)34-3)26-18(22(31)32)19(10)35-14-8-15(24-9-14)20(28)25-13-6-4-5-12(7-13)21(29)30/h4-7,10-11,14-17,19,24,27H,8-9H2,1-3H3,(H,25,28)(H,29,30)(H,31,32)/t10-,11-,14-,15+,16-,17-,19?/m1/s1. The third kappa shape index (κ3) is 6.00. The molecule has 1 saturated heterocycles. The monoisotopic (exact) mass is 507 g/mol. The van der Waals surface area contributed by atoms with E-state index in [2.05, 4.69) is 15.6 Å². The lowest BCUT2D eigenvalue weighted by molar-refractivity contribution is -0.150. The van der Waals surface area contributed by atoms with E-state index in [1.807, 2.05) is 0 Å². The lowest BCUT2D eigenvalue weighted by atomic mass is 9.86. The van der Waals surface area contributed by atoms with Crippen LogP contribution in [-0.2, 0) is 19.1 Å². The first-order valence-corrected chi connectivity index (χ1v) is 12.1. The molecule has 3 rings (SSSR count). The van der Waals surface area contributed by atoms with Gasteiger partial charge in [-0.3, -0.25) is 14.6 Å². The SMILES string of the molecule is COC(=O)[C@@H]([C@@H]1N=C(C(=O)O)C(S[C@H]2CN[C@H](C(=O)Nc3cccc(C(=O)O)c3)C2)[C@@H]1C)[C@@H](C)O. The molecule has 1 amide bonds. The number of ether oxygens (including phenoxy) is 1. The zero-order valence-corrected chi connectivity index (χ0v) is 20.3. The van der Waals surface area contributed by atoms with Gasteiger partial charge in [0.15, 0.2) is 0 Å². The molecule has 2 heterocycles. The molecule has 1 aromatic rings. The first kappa shape index (κ1) is 26.6. The summed E-state index contributed by atoms with van der Waals surface area (Å²) in [7, 11) is 1.21. The molecule has 35 heavy (non-hydrogen) atoms. The number of nitrogens with zero attached hydrogens (tertiary/aromatic N) is 1. The zero-order valence-electron chi connectivity index (χ0n) is 19.5. The lowest BCUT2D eigenvalue weighted by Gasteiger charge is -2.28. The van der Waals surface area contributed by atoms with Crippen LogP contribution in [0.25, 0.3) is 0 Å². The van der Waals surface area contributed by atoms with Gasteiger partial charge >= 0.3 is 17.9 Å². The number of hydrogen-bond donors (Lipinski definition) is 5. The third-order valence-electron chi connectivity index (χ3n) is 6.28. The summed E-state index contributed by atoms with van der Waals surface area (Å²) in [5, 5.41) is 34.2. The molecule has 1 aromatic carbocycles. The number of rotatable bonds is 9. The van der Waals surface area contributed by atoms with E-state index in [0.29, 0.717) is 18.7 Å². The van der Waals surface area contributed by atoms with Crippen LogP contribution in [-0.4, -0.2) is 87.2 Å². The van der Waals surface area contributed by atoms with Crippen molar-refractivity contribution in [3.05, 3.63) is 29.8 Å². The molecular formula is C23H29N3O8S. The lowest BCUT2D eigenvalue weighted by Crippen LogP contribution is -2.40. The van der Waals surface area contributed by atoms with Crippen molar-refractivity contribution in [2.75, 3.05) is 19.0 Å². The first-order valence-electron chi connectivity index (χ1n) is 11.1. The highest BCUT2D eigenvalue weighted by Crippen LogP contribution is 2.40. The summed E-state index contributed by atoms with van der Waals surface area (Å²) in [6.45, 7) is 3.69. The van der Waals surface area contributed by atoms with Gasteiger partial charge in [0.1, 0.15) is 11.6 Å². The average molecular weight is 508 g/mol. The Hall–Kier alpha value is -2.96. The van der Waals surface area contributed by atoms with Crippen molar-refractivity contribution in [1.82, 2.24) is 5.32 Å². The number of aliphatic hydroxyl groups is 1. The number of hydrogen-bond acceptors (Lipinski definition) is 9. The van der Waals surface area contributed by atoms with Crippen molar-refractivity contribution >= 4 is 47.0 Å². The van der Waals surface area contributed by atoms with Crippen LogP contribution in [0.3, 0.4) is 0 Å². The number of anilines is 1. The Bertz CT molecular complexity index is 1030. The van der Waals surface area contributed by atoms with E-state index in [0.717, 1.165) is 0 Å². The van der Waals surface area contributed by atoms with Crippen LogP contribution in [0.1, 0.15) is 30.6 Å². The van der Waals surface area contributed by atoms with Crippen LogP contribution in [0, 0.1) is 11.8 Å². The fourth-order valence-electron chi connectivity index (χ4n) is 4.48. The van der Waals surface area contributed by atoms with Crippen LogP contribution in [0.4, 0.5) is 5.69 Å². The van der Waals surface area contributed by atoms with Gasteiger partial charge in [-0.25, -0.2) is 9.59 Å². The van der Waals surface area contributed by atoms with Crippen molar-refractivity contribution < 1.29 is 39.2 Å². The number of carboxylic acids is 2. The van der Waals surface area contributed by atoms with Crippen LogP contribution in [0.2, 0.25) is 0 Å². The molecule has 0 aliphatic carbocycles. The van der Waals surface area contributed by atoms with E-state index in [9.17, 15) is 29.4 Å². The Morgan fingerprint density at radius 1 is 1.23 bits per heavy atom. The zero-order chi connectivity index (χ0) is 25.9. The second kappa shape index (κ2) is 11.2. The molecular weight excluding hydrogens is 478 g/mol. The maximum Gasteiger partial charge on any atom is 0.350 e. The Morgan fingerprint density at radius 2 is 1.94 bits per heavy atom. The fraction of sp³-hybridized carbons (Fsp3) is 0.522. The second-order valence-electron chi connectivity index (χ2n) is 8.71. The number of esters is 1. The largest absolute Gasteiger partial charge is 0.478 e. The van der Waals surface area contributed by atoms with Crippen molar-refractivity contribution in [2.24, 2.45) is 16.8 Å². The molecule has 5 N–H and O–H groups in total. The van der Waals surface area contributed by atoms with Gasteiger partial charge in [-0.05, 0) is 37.5 Å². The van der Waals surface area contributed by atoms with Gasteiger partial charge in [-0.2, -0.15) is 0 Å². The number of methoxy groups -OCH3 is 1. The number of nitrogens with one attached hydrogen (secondary N) is 2. The van der Waals surface area contributed by atoms with E-state index in [4.69, 9.17) is 9.84 Å². The maximum atomic E-state index is 12.7. The summed E-state index contributed by atoms with van der Waals surface area (Å²) >= 11 is 1.38. The highest BCUT2D eigenvalue weighted by molar-refractivity contribution is 8.01. The highest BCUT2D eigenvalue weighted by atomic mass is 32.2. The van der Waals surface area contributed by atoms with Gasteiger partial charge in [0.25, 0.3) is 0 Å². The molecule has 0 bridgehead atoms. The normalized spacial score (nSPS) is 27.5. The van der Waals surface area contributed by atoms with Crippen LogP contribution < -0.4 is 10.6 Å². The van der Waals surface area contributed by atoms with E-state index in [-0.39, 0.29) is 28.4 Å². The molecule has 11 nitrogen and oxygen atoms in total. The molecule has 1 unspecified atom stereocenters. The van der Waals surface area contributed by atoms with Crippen LogP contribution >= 0.6 is 11.8 Å². The van der Waals surface area contributed by atoms with Crippen LogP contribution in [0.5, 0.6) is 0 Å². The van der Waals surface area contributed by atoms with E-state index in [1.54, 1.807) is 19.1 Å². The number of aliphatic imine (C=N–C) groups is 1. The molecule has 0 radical (unpaired) electrons. The molecule has 2 aliphatic heterocycles. The predicted octanol–water partition coefficient (Wildman–Crippen LogP) is 0.870. The second-order valence-corrected chi connectivity index (χ2v) is 10.2. The topological polar surface area (TPSA) is 175 Å². The minimum Gasteiger partial charge on any atom is -0.478 e. The maximum absolute atomic E-state index is 12.7. The van der Waals surface area contributed by atoms with Crippen molar-refractivity contribution in [3.63, 3.8) is 0 Å². The molecule has 12 heteroatoms. The summed E-state index contributed by atoms with van der Waals surface area (Å²) in [6.07, 6.45) is -0.648. The van der Waals surface area contributed by atoms with Gasteiger partial charge in [0.2, 0.25) is 5.91 Å². The average Bonchev–Trinajstić information content (AvgIpc) is 3.40. The van der Waals surface area contributed by atoms with Gasteiger partial charge in [-0.15, -0.1) is 11.8 Å². The molecule has 190 valence electrons. The number of amides is 1.